The second-order valence-electron chi connectivity index (χ2n) is 6.75. The minimum atomic E-state index is 0.326. The van der Waals surface area contributed by atoms with Crippen LogP contribution in [0.4, 0.5) is 0 Å². The molecule has 0 N–H and O–H groups in total. The van der Waals surface area contributed by atoms with E-state index in [0.29, 0.717) is 23.8 Å². The lowest BCUT2D eigenvalue weighted by atomic mass is 9.93. The van der Waals surface area contributed by atoms with Gasteiger partial charge in [-0.3, -0.25) is 14.7 Å². The van der Waals surface area contributed by atoms with Gasteiger partial charge in [-0.1, -0.05) is 6.07 Å². The summed E-state index contributed by atoms with van der Waals surface area (Å²) in [6.07, 6.45) is 3.94. The fourth-order valence-electron chi connectivity index (χ4n) is 4.10. The van der Waals surface area contributed by atoms with E-state index >= 15 is 0 Å². The minimum absolute atomic E-state index is 0.326. The van der Waals surface area contributed by atoms with Crippen molar-refractivity contribution in [2.45, 2.75) is 25.5 Å². The molecule has 4 rings (SSSR count). The molecule has 0 radical (unpaired) electrons. The van der Waals surface area contributed by atoms with Gasteiger partial charge in [0.1, 0.15) is 0 Å². The van der Waals surface area contributed by atoms with Crippen LogP contribution in [0.2, 0.25) is 0 Å². The number of rotatable bonds is 4. The SMILES string of the molecule is O=C1CCCN1C[C@H]1CO[C@@H]2CN(Cc3ccccn3)C[C@H]12. The van der Waals surface area contributed by atoms with E-state index in [1.165, 1.54) is 0 Å². The predicted octanol–water partition coefficient (Wildman–Crippen LogP) is 1.15. The van der Waals surface area contributed by atoms with Gasteiger partial charge in [0.2, 0.25) is 5.91 Å². The summed E-state index contributed by atoms with van der Waals surface area (Å²) in [7, 11) is 0. The van der Waals surface area contributed by atoms with Crippen LogP contribution in [0.1, 0.15) is 18.5 Å². The minimum Gasteiger partial charge on any atom is -0.376 e. The number of carbonyl (C=O) groups excluding carboxylic acids is 1. The molecule has 0 aliphatic carbocycles. The smallest absolute Gasteiger partial charge is 0.222 e. The topological polar surface area (TPSA) is 45.7 Å². The van der Waals surface area contributed by atoms with Gasteiger partial charge < -0.3 is 9.64 Å². The maximum absolute atomic E-state index is 11.8. The zero-order valence-electron chi connectivity index (χ0n) is 12.9. The second-order valence-corrected chi connectivity index (χ2v) is 6.75. The van der Waals surface area contributed by atoms with Crippen molar-refractivity contribution in [2.75, 3.05) is 32.8 Å². The van der Waals surface area contributed by atoms with Crippen LogP contribution in [-0.2, 0) is 16.1 Å². The first kappa shape index (κ1) is 14.2. The summed E-state index contributed by atoms with van der Waals surface area (Å²) in [4.78, 5) is 20.7. The second kappa shape index (κ2) is 5.97. The summed E-state index contributed by atoms with van der Waals surface area (Å²) in [5.74, 6) is 1.39. The molecule has 4 heterocycles. The molecule has 0 unspecified atom stereocenters. The van der Waals surface area contributed by atoms with Crippen molar-refractivity contribution in [1.29, 1.82) is 0 Å². The van der Waals surface area contributed by atoms with E-state index in [1.807, 2.05) is 23.2 Å². The van der Waals surface area contributed by atoms with Crippen molar-refractivity contribution in [1.82, 2.24) is 14.8 Å². The van der Waals surface area contributed by atoms with E-state index in [1.54, 1.807) is 0 Å². The Bertz CT molecular complexity index is 536. The molecule has 0 saturated carbocycles. The lowest BCUT2D eigenvalue weighted by Gasteiger charge is -2.24. The maximum atomic E-state index is 11.8. The number of ether oxygens (including phenoxy) is 1. The van der Waals surface area contributed by atoms with Crippen molar-refractivity contribution < 1.29 is 9.53 Å². The van der Waals surface area contributed by atoms with Crippen molar-refractivity contribution >= 4 is 5.91 Å². The van der Waals surface area contributed by atoms with Crippen LogP contribution in [0.3, 0.4) is 0 Å². The summed E-state index contributed by atoms with van der Waals surface area (Å²) in [6, 6.07) is 6.07. The van der Waals surface area contributed by atoms with E-state index in [2.05, 4.69) is 16.0 Å². The molecule has 0 spiro atoms. The molecule has 0 bridgehead atoms. The van der Waals surface area contributed by atoms with Crippen LogP contribution in [0.5, 0.6) is 0 Å². The third-order valence-electron chi connectivity index (χ3n) is 5.25. The lowest BCUT2D eigenvalue weighted by molar-refractivity contribution is -0.128. The van der Waals surface area contributed by atoms with Gasteiger partial charge in [0, 0.05) is 57.2 Å². The van der Waals surface area contributed by atoms with E-state index in [9.17, 15) is 4.79 Å². The molecule has 22 heavy (non-hydrogen) atoms. The van der Waals surface area contributed by atoms with Crippen LogP contribution in [-0.4, -0.2) is 59.6 Å². The summed E-state index contributed by atoms with van der Waals surface area (Å²) in [5.41, 5.74) is 1.12. The highest BCUT2D eigenvalue weighted by Crippen LogP contribution is 2.35. The van der Waals surface area contributed by atoms with Crippen LogP contribution in [0.15, 0.2) is 24.4 Å². The number of pyridine rings is 1. The normalized spacial score (nSPS) is 31.9. The average Bonchev–Trinajstić information content (AvgIpc) is 3.19. The number of hydrogen-bond donors (Lipinski definition) is 0. The summed E-state index contributed by atoms with van der Waals surface area (Å²) in [6.45, 7) is 5.59. The predicted molar refractivity (Wildman–Crippen MR) is 82.0 cm³/mol. The van der Waals surface area contributed by atoms with E-state index in [-0.39, 0.29) is 0 Å². The summed E-state index contributed by atoms with van der Waals surface area (Å²) >= 11 is 0. The van der Waals surface area contributed by atoms with Crippen molar-refractivity contribution in [3.8, 4) is 0 Å². The lowest BCUT2D eigenvalue weighted by Crippen LogP contribution is -2.35. The third-order valence-corrected chi connectivity index (χ3v) is 5.25. The highest BCUT2D eigenvalue weighted by Gasteiger charge is 2.44. The average molecular weight is 301 g/mol. The van der Waals surface area contributed by atoms with E-state index in [0.717, 1.165) is 57.9 Å². The van der Waals surface area contributed by atoms with Crippen LogP contribution in [0, 0.1) is 11.8 Å². The number of aromatic nitrogens is 1. The van der Waals surface area contributed by atoms with E-state index in [4.69, 9.17) is 4.74 Å². The molecule has 1 aromatic rings. The first-order chi connectivity index (χ1) is 10.8. The monoisotopic (exact) mass is 301 g/mol. The molecule has 1 amide bonds. The molecule has 3 atom stereocenters. The van der Waals surface area contributed by atoms with Gasteiger partial charge in [-0.05, 0) is 18.6 Å². The Balaban J connectivity index is 1.36. The van der Waals surface area contributed by atoms with Crippen molar-refractivity contribution in [3.63, 3.8) is 0 Å². The molecular formula is C17H23N3O2. The van der Waals surface area contributed by atoms with Gasteiger partial charge in [-0.15, -0.1) is 0 Å². The highest BCUT2D eigenvalue weighted by atomic mass is 16.5. The summed E-state index contributed by atoms with van der Waals surface area (Å²) in [5, 5.41) is 0. The number of nitrogens with zero attached hydrogens (tertiary/aromatic N) is 3. The van der Waals surface area contributed by atoms with Gasteiger partial charge >= 0.3 is 0 Å². The molecule has 3 fully saturated rings. The van der Waals surface area contributed by atoms with Gasteiger partial charge in [0.05, 0.1) is 18.4 Å². The number of hydrogen-bond acceptors (Lipinski definition) is 4. The number of fused-ring (bicyclic) bond motifs is 1. The molecule has 5 nitrogen and oxygen atoms in total. The molecule has 3 aliphatic rings. The number of likely N-dealkylation sites (tertiary alicyclic amines) is 2. The van der Waals surface area contributed by atoms with Crippen LogP contribution >= 0.6 is 0 Å². The molecule has 3 aliphatic heterocycles. The van der Waals surface area contributed by atoms with Crippen LogP contribution in [0.25, 0.3) is 0 Å². The van der Waals surface area contributed by atoms with Crippen molar-refractivity contribution in [2.24, 2.45) is 11.8 Å². The van der Waals surface area contributed by atoms with Gasteiger partial charge in [0.15, 0.2) is 0 Å². The van der Waals surface area contributed by atoms with E-state index < -0.39 is 0 Å². The van der Waals surface area contributed by atoms with Gasteiger partial charge in [-0.2, -0.15) is 0 Å². The third kappa shape index (κ3) is 2.75. The largest absolute Gasteiger partial charge is 0.376 e. The quantitative estimate of drug-likeness (QED) is 0.837. The zero-order valence-corrected chi connectivity index (χ0v) is 12.9. The Kier molecular flexibility index (Phi) is 3.84. The fourth-order valence-corrected chi connectivity index (χ4v) is 4.10. The van der Waals surface area contributed by atoms with Gasteiger partial charge in [0.25, 0.3) is 0 Å². The van der Waals surface area contributed by atoms with Crippen LogP contribution < -0.4 is 0 Å². The Morgan fingerprint density at radius 3 is 3.05 bits per heavy atom. The first-order valence-corrected chi connectivity index (χ1v) is 8.31. The Hall–Kier alpha value is -1.46. The van der Waals surface area contributed by atoms with Crippen molar-refractivity contribution in [3.05, 3.63) is 30.1 Å². The zero-order chi connectivity index (χ0) is 14.9. The Morgan fingerprint density at radius 1 is 1.32 bits per heavy atom. The first-order valence-electron chi connectivity index (χ1n) is 8.31. The standard InChI is InChI=1S/C17H23N3O2/c21-17-5-3-7-20(17)8-13-12-22-16-11-19(10-15(13)16)9-14-4-1-2-6-18-14/h1-2,4,6,13,15-16H,3,5,7-12H2/t13-,15+,16+/m0/s1. The molecular weight excluding hydrogens is 278 g/mol. The molecule has 1 aromatic heterocycles. The van der Waals surface area contributed by atoms with Gasteiger partial charge in [-0.25, -0.2) is 0 Å². The number of amides is 1. The Morgan fingerprint density at radius 2 is 2.27 bits per heavy atom. The molecule has 5 heteroatoms. The molecule has 3 saturated heterocycles. The molecule has 0 aromatic carbocycles. The summed E-state index contributed by atoms with van der Waals surface area (Å²) < 4.78 is 6.00. The fraction of sp³-hybridized carbons (Fsp3) is 0.647. The highest BCUT2D eigenvalue weighted by molar-refractivity contribution is 5.78. The molecule has 118 valence electrons. The number of carbonyl (C=O) groups is 1. The maximum Gasteiger partial charge on any atom is 0.222 e. The Labute approximate surface area is 131 Å².